The Morgan fingerprint density at radius 2 is 1.79 bits per heavy atom. The second-order valence-corrected chi connectivity index (χ2v) is 10.5. The number of rotatable bonds is 7. The van der Waals surface area contributed by atoms with Crippen LogP contribution in [0.15, 0.2) is 74.5 Å². The van der Waals surface area contributed by atoms with E-state index in [1.165, 1.54) is 4.90 Å². The molecule has 174 valence electrons. The van der Waals surface area contributed by atoms with Gasteiger partial charge in [0.25, 0.3) is 11.1 Å². The van der Waals surface area contributed by atoms with Gasteiger partial charge in [-0.1, -0.05) is 57.9 Å². The van der Waals surface area contributed by atoms with Gasteiger partial charge in [-0.2, -0.15) is 0 Å². The molecule has 34 heavy (non-hydrogen) atoms. The third-order valence-electron chi connectivity index (χ3n) is 5.01. The summed E-state index contributed by atoms with van der Waals surface area (Å²) >= 11 is 14.1. The molecule has 0 saturated carbocycles. The summed E-state index contributed by atoms with van der Waals surface area (Å²) in [5.41, 5.74) is 2.42. The van der Waals surface area contributed by atoms with Crippen molar-refractivity contribution in [3.63, 3.8) is 0 Å². The van der Waals surface area contributed by atoms with Crippen LogP contribution >= 0.6 is 55.2 Å². The molecule has 0 N–H and O–H groups in total. The highest BCUT2D eigenvalue weighted by Gasteiger charge is 2.35. The van der Waals surface area contributed by atoms with Crippen LogP contribution in [0.5, 0.6) is 11.5 Å². The normalized spacial score (nSPS) is 14.7. The first kappa shape index (κ1) is 24.9. The third-order valence-corrected chi connectivity index (χ3v) is 7.40. The topological polar surface area (TPSA) is 55.8 Å². The Kier molecular flexibility index (Phi) is 8.03. The molecule has 0 unspecified atom stereocenters. The average Bonchev–Trinajstić information content (AvgIpc) is 3.07. The predicted octanol–water partition coefficient (Wildman–Crippen LogP) is 7.69. The number of ether oxygens (including phenoxy) is 2. The summed E-state index contributed by atoms with van der Waals surface area (Å²) in [5.74, 6) is 0.678. The van der Waals surface area contributed by atoms with Crippen molar-refractivity contribution in [3.05, 3.63) is 96.2 Å². The van der Waals surface area contributed by atoms with E-state index in [-0.39, 0.29) is 24.3 Å². The van der Waals surface area contributed by atoms with E-state index in [2.05, 4.69) is 31.9 Å². The molecule has 4 rings (SSSR count). The second-order valence-electron chi connectivity index (χ2n) is 7.31. The van der Waals surface area contributed by atoms with Gasteiger partial charge in [-0.25, -0.2) is 0 Å². The van der Waals surface area contributed by atoms with Gasteiger partial charge in [0.2, 0.25) is 0 Å². The molecule has 3 aromatic carbocycles. The van der Waals surface area contributed by atoms with E-state index in [1.54, 1.807) is 25.3 Å². The Balaban J connectivity index is 1.53. The standard InChI is InChI=1S/C25H18Br2ClNO4S/c1-32-21-11-16(10-19(27)23(21)33-14-17-4-2-3-5-20(17)28)12-22-24(30)29(25(31)34-22)13-15-6-8-18(26)9-7-15/h2-12H,13-14H2,1H3/b22-12-. The van der Waals surface area contributed by atoms with Gasteiger partial charge in [-0.15, -0.1) is 0 Å². The molecule has 1 aliphatic heterocycles. The first-order valence-corrected chi connectivity index (χ1v) is 12.9. The lowest BCUT2D eigenvalue weighted by atomic mass is 10.1. The fourth-order valence-electron chi connectivity index (χ4n) is 3.29. The molecule has 1 heterocycles. The number of nitrogens with zero attached hydrogens (tertiary/aromatic N) is 1. The number of hydrogen-bond acceptors (Lipinski definition) is 5. The number of methoxy groups -OCH3 is 1. The summed E-state index contributed by atoms with van der Waals surface area (Å²) in [5, 5.41) is 0.318. The van der Waals surface area contributed by atoms with Crippen molar-refractivity contribution < 1.29 is 19.1 Å². The maximum absolute atomic E-state index is 12.9. The highest BCUT2D eigenvalue weighted by molar-refractivity contribution is 9.10. The van der Waals surface area contributed by atoms with Crippen LogP contribution in [0.2, 0.25) is 5.02 Å². The Morgan fingerprint density at radius 1 is 1.06 bits per heavy atom. The molecule has 3 aromatic rings. The molecule has 1 fully saturated rings. The first-order chi connectivity index (χ1) is 16.4. The van der Waals surface area contributed by atoms with Crippen LogP contribution in [0.3, 0.4) is 0 Å². The first-order valence-electron chi connectivity index (χ1n) is 10.1. The second kappa shape index (κ2) is 11.0. The van der Waals surface area contributed by atoms with Gasteiger partial charge in [-0.05, 0) is 75.2 Å². The zero-order chi connectivity index (χ0) is 24.2. The zero-order valence-corrected chi connectivity index (χ0v) is 22.6. The lowest BCUT2D eigenvalue weighted by molar-refractivity contribution is -0.123. The lowest BCUT2D eigenvalue weighted by Crippen LogP contribution is -2.27. The lowest BCUT2D eigenvalue weighted by Gasteiger charge is -2.14. The number of hydrogen-bond donors (Lipinski definition) is 0. The maximum Gasteiger partial charge on any atom is 0.293 e. The highest BCUT2D eigenvalue weighted by Crippen LogP contribution is 2.40. The molecule has 1 saturated heterocycles. The van der Waals surface area contributed by atoms with Crippen molar-refractivity contribution in [3.8, 4) is 11.5 Å². The van der Waals surface area contributed by atoms with E-state index in [9.17, 15) is 9.59 Å². The number of thioether (sulfide) groups is 1. The molecular weight excluding hydrogens is 606 g/mol. The van der Waals surface area contributed by atoms with Crippen LogP contribution in [0.4, 0.5) is 4.79 Å². The molecule has 1 aliphatic rings. The van der Waals surface area contributed by atoms with Gasteiger partial charge >= 0.3 is 0 Å². The van der Waals surface area contributed by atoms with E-state index in [0.29, 0.717) is 31.5 Å². The van der Waals surface area contributed by atoms with Crippen LogP contribution in [-0.2, 0) is 17.9 Å². The number of carbonyl (C=O) groups is 2. The van der Waals surface area contributed by atoms with Crippen LogP contribution < -0.4 is 9.47 Å². The Labute approximate surface area is 223 Å². The number of benzene rings is 3. The van der Waals surface area contributed by atoms with Gasteiger partial charge in [0.15, 0.2) is 11.5 Å². The molecule has 0 radical (unpaired) electrons. The fraction of sp³-hybridized carbons (Fsp3) is 0.120. The minimum absolute atomic E-state index is 0.219. The quantitative estimate of drug-likeness (QED) is 0.253. The molecule has 0 bridgehead atoms. The summed E-state index contributed by atoms with van der Waals surface area (Å²) in [6.07, 6.45) is 1.68. The summed E-state index contributed by atoms with van der Waals surface area (Å²) in [7, 11) is 1.54. The Bertz CT molecular complexity index is 1280. The largest absolute Gasteiger partial charge is 0.493 e. The number of carbonyl (C=O) groups excluding carboxylic acids is 2. The molecule has 5 nitrogen and oxygen atoms in total. The monoisotopic (exact) mass is 621 g/mol. The maximum atomic E-state index is 12.9. The van der Waals surface area contributed by atoms with Crippen molar-refractivity contribution in [2.75, 3.05) is 7.11 Å². The molecular formula is C25H18Br2ClNO4S. The van der Waals surface area contributed by atoms with Crippen molar-refractivity contribution in [2.45, 2.75) is 13.2 Å². The van der Waals surface area contributed by atoms with Gasteiger partial charge < -0.3 is 9.47 Å². The average molecular weight is 624 g/mol. The molecule has 9 heteroatoms. The highest BCUT2D eigenvalue weighted by atomic mass is 79.9. The molecule has 0 aliphatic carbocycles. The van der Waals surface area contributed by atoms with Crippen molar-refractivity contribution in [1.82, 2.24) is 4.90 Å². The predicted molar refractivity (Wildman–Crippen MR) is 142 cm³/mol. The summed E-state index contributed by atoms with van der Waals surface area (Å²) in [4.78, 5) is 27.0. The summed E-state index contributed by atoms with van der Waals surface area (Å²) < 4.78 is 13.1. The van der Waals surface area contributed by atoms with Gasteiger partial charge in [0.05, 0.1) is 23.0 Å². The third kappa shape index (κ3) is 5.68. The van der Waals surface area contributed by atoms with Crippen molar-refractivity contribution in [2.24, 2.45) is 0 Å². The van der Waals surface area contributed by atoms with Crippen LogP contribution in [0.1, 0.15) is 16.7 Å². The van der Waals surface area contributed by atoms with Crippen molar-refractivity contribution in [1.29, 1.82) is 0 Å². The molecule has 0 spiro atoms. The Hall–Kier alpha value is -2.26. The number of amides is 2. The van der Waals surface area contributed by atoms with Crippen LogP contribution in [0.25, 0.3) is 6.08 Å². The molecule has 0 aromatic heterocycles. The minimum atomic E-state index is -0.327. The zero-order valence-electron chi connectivity index (χ0n) is 17.9. The van der Waals surface area contributed by atoms with Gasteiger partial charge in [0.1, 0.15) is 6.61 Å². The van der Waals surface area contributed by atoms with E-state index in [1.807, 2.05) is 48.5 Å². The van der Waals surface area contributed by atoms with E-state index in [4.69, 9.17) is 21.1 Å². The minimum Gasteiger partial charge on any atom is -0.493 e. The summed E-state index contributed by atoms with van der Waals surface area (Å²) in [6, 6.07) is 18.5. The fourth-order valence-corrected chi connectivity index (χ4v) is 5.16. The molecule has 2 amide bonds. The number of halogens is 3. The van der Waals surface area contributed by atoms with Gasteiger partial charge in [0, 0.05) is 15.1 Å². The Morgan fingerprint density at radius 3 is 2.50 bits per heavy atom. The molecule has 0 atom stereocenters. The van der Waals surface area contributed by atoms with E-state index >= 15 is 0 Å². The summed E-state index contributed by atoms with van der Waals surface area (Å²) in [6.45, 7) is 0.486. The van der Waals surface area contributed by atoms with Crippen molar-refractivity contribution >= 4 is 72.4 Å². The smallest absolute Gasteiger partial charge is 0.293 e. The van der Waals surface area contributed by atoms with E-state index < -0.39 is 0 Å². The van der Waals surface area contributed by atoms with Gasteiger partial charge in [-0.3, -0.25) is 14.5 Å². The van der Waals surface area contributed by atoms with E-state index in [0.717, 1.165) is 27.4 Å². The number of imide groups is 1. The van der Waals surface area contributed by atoms with Crippen LogP contribution in [0, 0.1) is 0 Å². The van der Waals surface area contributed by atoms with Crippen LogP contribution in [-0.4, -0.2) is 23.2 Å². The SMILES string of the molecule is COc1cc(/C=C2\SC(=O)N(Cc3ccc(Br)cc3)C2=O)cc(Br)c1OCc1ccccc1Cl.